The molecule has 0 spiro atoms. The molecule has 1 aliphatic rings. The Labute approximate surface area is 402 Å². The Morgan fingerprint density at radius 3 is 1.67 bits per heavy atom. The molecule has 0 saturated heterocycles. The van der Waals surface area contributed by atoms with E-state index >= 15 is 17.6 Å². The van der Waals surface area contributed by atoms with Gasteiger partial charge < -0.3 is 14.8 Å². The van der Waals surface area contributed by atoms with Crippen molar-refractivity contribution >= 4 is 17.5 Å². The maximum atomic E-state index is 16.9. The second-order valence-corrected chi connectivity index (χ2v) is 17.4. The van der Waals surface area contributed by atoms with E-state index in [0.717, 1.165) is 59.1 Å². The molecule has 1 N–H and O–H groups in total. The fourth-order valence-corrected chi connectivity index (χ4v) is 9.10. The molecule has 0 saturated carbocycles. The van der Waals surface area contributed by atoms with E-state index in [2.05, 4.69) is 5.32 Å². The molecule has 0 atom stereocenters. The molecule has 0 fully saturated rings. The fraction of sp³-hybridized carbons (Fsp3) is 0.353. The minimum Gasteiger partial charge on any atom is -0.379 e. The van der Waals surface area contributed by atoms with Gasteiger partial charge in [-0.1, -0.05) is 12.8 Å². The molecule has 1 amide bonds. The Morgan fingerprint density at radius 2 is 1.14 bits per heavy atom. The van der Waals surface area contributed by atoms with Gasteiger partial charge in [-0.2, -0.15) is 26.3 Å². The van der Waals surface area contributed by atoms with Gasteiger partial charge in [-0.05, 0) is 61.6 Å². The summed E-state index contributed by atoms with van der Waals surface area (Å²) < 4.78 is 166. The standard InChI is InChI=1S/C51H49ClF10N5O3/c1-32-14-18-66-44(24-32)45-25-33(8-13-46(68)63-17-21-70-23-22-69-20-7-5-4-6-16-52)15-19-67(45)49(66,38-26-36(53)28-40(55)47(38)42-11-9-34(30-64(42)2)50(57,58)59)39-27-37(54)29-41(56)48(39)43-12-10-35(31-65(43)3)51(60,61)62/h9-12,14-15,18-19,24-31H,4-8,13,16-17,20-23H2,1-3H3/q+3/p+1. The number of benzene rings is 2. The van der Waals surface area contributed by atoms with Crippen molar-refractivity contribution in [3.05, 3.63) is 154 Å². The molecule has 8 nitrogen and oxygen atoms in total. The number of alkyl halides is 7. The van der Waals surface area contributed by atoms with Gasteiger partial charge in [0.05, 0.1) is 19.8 Å². The number of hydrogen-bond acceptors (Lipinski definition) is 3. The molecule has 6 aromatic rings. The Bertz CT molecular complexity index is 2780. The van der Waals surface area contributed by atoms with E-state index in [9.17, 15) is 31.1 Å². The molecule has 5 heterocycles. The second-order valence-electron chi connectivity index (χ2n) is 17.0. The van der Waals surface area contributed by atoms with Gasteiger partial charge in [0.25, 0.3) is 11.4 Å². The van der Waals surface area contributed by atoms with Crippen LogP contribution in [0.25, 0.3) is 33.9 Å². The first-order valence-electron chi connectivity index (χ1n) is 22.5. The van der Waals surface area contributed by atoms with Gasteiger partial charge in [-0.15, -0.1) is 20.7 Å². The molecule has 0 radical (unpaired) electrons. The summed E-state index contributed by atoms with van der Waals surface area (Å²) in [5, 5.41) is 2.82. The Kier molecular flexibility index (Phi) is 16.0. The van der Waals surface area contributed by atoms with Crippen molar-refractivity contribution < 1.29 is 76.4 Å². The Morgan fingerprint density at radius 1 is 0.629 bits per heavy atom. The van der Waals surface area contributed by atoms with E-state index in [1.165, 1.54) is 35.6 Å². The molecule has 2 aromatic carbocycles. The monoisotopic (exact) mass is 1010 g/mol. The molecule has 0 bridgehead atoms. The number of hydrogen-bond donors (Lipinski definition) is 1. The van der Waals surface area contributed by atoms with Crippen molar-refractivity contribution in [1.82, 2.24) is 5.32 Å². The second kappa shape index (κ2) is 21.6. The van der Waals surface area contributed by atoms with Gasteiger partial charge in [0, 0.05) is 74.0 Å². The van der Waals surface area contributed by atoms with E-state index < -0.39 is 63.5 Å². The topological polar surface area (TPSA) is 63.1 Å². The van der Waals surface area contributed by atoms with Crippen LogP contribution in [-0.4, -0.2) is 44.8 Å². The normalized spacial score (nSPS) is 13.1. The van der Waals surface area contributed by atoms with E-state index in [1.807, 2.05) is 0 Å². The lowest BCUT2D eigenvalue weighted by molar-refractivity contribution is -0.938. The Balaban J connectivity index is 1.35. The predicted octanol–water partition coefficient (Wildman–Crippen LogP) is 9.31. The highest BCUT2D eigenvalue weighted by Gasteiger charge is 2.66. The summed E-state index contributed by atoms with van der Waals surface area (Å²) in [6.07, 6.45) is -1.01. The summed E-state index contributed by atoms with van der Waals surface area (Å²) in [5.41, 5.74) is -4.59. The first-order chi connectivity index (χ1) is 33.2. The van der Waals surface area contributed by atoms with Crippen LogP contribution in [0, 0.1) is 30.2 Å². The van der Waals surface area contributed by atoms with Gasteiger partial charge in [0.15, 0.2) is 24.8 Å². The zero-order chi connectivity index (χ0) is 50.5. The van der Waals surface area contributed by atoms with Crippen molar-refractivity contribution in [3.8, 4) is 33.9 Å². The predicted molar refractivity (Wildman–Crippen MR) is 237 cm³/mol. The van der Waals surface area contributed by atoms with Gasteiger partial charge in [0.2, 0.25) is 17.3 Å². The highest BCUT2D eigenvalue weighted by molar-refractivity contribution is 6.17. The molecule has 370 valence electrons. The molecule has 70 heavy (non-hydrogen) atoms. The zero-order valence-corrected chi connectivity index (χ0v) is 39.2. The number of rotatable bonds is 19. The van der Waals surface area contributed by atoms with Crippen LogP contribution in [0.5, 0.6) is 0 Å². The number of nitrogens with zero attached hydrogens (tertiary/aromatic N) is 4. The summed E-state index contributed by atoms with van der Waals surface area (Å²) >= 11 is 5.70. The smallest absolute Gasteiger partial charge is 0.379 e. The minimum absolute atomic E-state index is 0.0165. The molecular weight excluding hydrogens is 956 g/mol. The summed E-state index contributed by atoms with van der Waals surface area (Å²) in [6.45, 7) is 3.61. The lowest BCUT2D eigenvalue weighted by atomic mass is 9.82. The highest BCUT2D eigenvalue weighted by atomic mass is 35.5. The number of amides is 1. The van der Waals surface area contributed by atoms with Crippen molar-refractivity contribution in [1.29, 1.82) is 0 Å². The van der Waals surface area contributed by atoms with Gasteiger partial charge in [-0.3, -0.25) is 4.79 Å². The molecule has 4 aromatic heterocycles. The first-order valence-corrected chi connectivity index (χ1v) is 23.0. The van der Waals surface area contributed by atoms with Crippen molar-refractivity contribution in [2.45, 2.75) is 63.5 Å². The number of unbranched alkanes of at least 4 members (excludes halogenated alkanes) is 3. The number of carbonyl (C=O) groups excluding carboxylic acids is 1. The molecule has 0 aliphatic carbocycles. The largest absolute Gasteiger partial charge is 0.422 e. The van der Waals surface area contributed by atoms with Crippen LogP contribution in [0.15, 0.2) is 97.6 Å². The summed E-state index contributed by atoms with van der Waals surface area (Å²) in [5.74, 6) is -4.49. The number of aryl methyl sites for hydroxylation is 4. The van der Waals surface area contributed by atoms with Crippen molar-refractivity contribution in [2.75, 3.05) is 38.9 Å². The van der Waals surface area contributed by atoms with Crippen molar-refractivity contribution in [3.63, 3.8) is 0 Å². The average molecular weight is 1010 g/mol. The lowest BCUT2D eigenvalue weighted by Crippen LogP contribution is -2.71. The molecular formula is C51H50ClF10N5O3+4. The lowest BCUT2D eigenvalue weighted by Gasteiger charge is -2.25. The van der Waals surface area contributed by atoms with E-state index in [0.29, 0.717) is 84.9 Å². The minimum atomic E-state index is -4.81. The third-order valence-corrected chi connectivity index (χ3v) is 12.4. The van der Waals surface area contributed by atoms with Crippen LogP contribution in [0.1, 0.15) is 65.5 Å². The van der Waals surface area contributed by atoms with E-state index in [-0.39, 0.29) is 54.4 Å². The molecule has 19 heteroatoms. The third kappa shape index (κ3) is 11.0. The van der Waals surface area contributed by atoms with E-state index in [1.54, 1.807) is 31.2 Å². The number of pyridine rings is 4. The number of aromatic nitrogens is 4. The number of fused-ring (bicyclic) bond motifs is 3. The average Bonchev–Trinajstić information content (AvgIpc) is 3.57. The van der Waals surface area contributed by atoms with Gasteiger partial charge in [0.1, 0.15) is 70.7 Å². The molecule has 7 rings (SSSR count). The van der Waals surface area contributed by atoms with Crippen LogP contribution in [-0.2, 0) is 52.8 Å². The number of ether oxygens (including phenoxy) is 2. The van der Waals surface area contributed by atoms with Crippen LogP contribution >= 0.6 is 11.6 Å². The van der Waals surface area contributed by atoms with Gasteiger partial charge >= 0.3 is 18.0 Å². The van der Waals surface area contributed by atoms with Gasteiger partial charge in [-0.25, -0.2) is 26.7 Å². The van der Waals surface area contributed by atoms with Crippen LogP contribution in [0.2, 0.25) is 0 Å². The number of halogens is 11. The number of nitrogens with one attached hydrogen (secondary N) is 1. The van der Waals surface area contributed by atoms with Crippen molar-refractivity contribution in [2.24, 2.45) is 14.1 Å². The van der Waals surface area contributed by atoms with Crippen LogP contribution < -0.4 is 23.6 Å². The zero-order valence-electron chi connectivity index (χ0n) is 38.4. The maximum Gasteiger partial charge on any atom is 0.422 e. The molecule has 1 aliphatic heterocycles. The first kappa shape index (κ1) is 51.9. The summed E-state index contributed by atoms with van der Waals surface area (Å²) in [4.78, 5) is 13.0. The maximum absolute atomic E-state index is 16.9. The Hall–Kier alpha value is -5.98. The SMILES string of the molecule is Cc1cc[n+]2c(c1)-c1cc(CCC(=O)NCCOCCOCCCCCCCl)cc[n+]1C2(c1cc(F)cc(F)c1-c1ccc(C(F)(F)F)c[n+]1C)c1cc(F)cc(F)c1-c1ccc(C(F)(F)F)c[n+]1C. The van der Waals surface area contributed by atoms with Crippen LogP contribution in [0.3, 0.4) is 0 Å². The highest BCUT2D eigenvalue weighted by Crippen LogP contribution is 2.45. The summed E-state index contributed by atoms with van der Waals surface area (Å²) in [7, 11) is 2.44. The van der Waals surface area contributed by atoms with E-state index in [4.69, 9.17) is 21.1 Å². The third-order valence-electron chi connectivity index (χ3n) is 12.1. The quantitative estimate of drug-likeness (QED) is 0.0381. The fourth-order valence-electron chi connectivity index (χ4n) is 8.91. The van der Waals surface area contributed by atoms with Crippen LogP contribution in [0.4, 0.5) is 43.9 Å². The summed E-state index contributed by atoms with van der Waals surface area (Å²) in [6, 6.07) is 12.9. The number of carbonyl (C=O) groups is 1. The molecule has 0 unspecified atom stereocenters.